The fourth-order valence-corrected chi connectivity index (χ4v) is 2.52. The van der Waals surface area contributed by atoms with Gasteiger partial charge in [-0.15, -0.1) is 0 Å². The van der Waals surface area contributed by atoms with Gasteiger partial charge in [-0.25, -0.2) is 13.8 Å². The lowest BCUT2D eigenvalue weighted by Gasteiger charge is -2.15. The number of halogens is 2. The maximum Gasteiger partial charge on any atom is 0.272 e. The Balaban J connectivity index is 1.78. The number of ether oxygens (including phenoxy) is 1. The minimum Gasteiger partial charge on any atom is -0.472 e. The molecule has 0 bridgehead atoms. The van der Waals surface area contributed by atoms with Crippen LogP contribution in [0, 0.1) is 6.92 Å². The van der Waals surface area contributed by atoms with Gasteiger partial charge in [0.15, 0.2) is 6.61 Å². The molecular weight excluding hydrogens is 318 g/mol. The molecule has 2 aromatic rings. The van der Waals surface area contributed by atoms with Gasteiger partial charge in [-0.05, 0) is 24.6 Å². The smallest absolute Gasteiger partial charge is 0.272 e. The quantitative estimate of drug-likeness (QED) is 0.790. The Morgan fingerprint density at radius 1 is 1.08 bits per heavy atom. The molecule has 2 heterocycles. The zero-order chi connectivity index (χ0) is 17.3. The Labute approximate surface area is 136 Å². The van der Waals surface area contributed by atoms with Crippen LogP contribution in [0.25, 0.3) is 0 Å². The predicted octanol–water partition coefficient (Wildman–Crippen LogP) is 2.83. The molecule has 0 N–H and O–H groups in total. The summed E-state index contributed by atoms with van der Waals surface area (Å²) >= 11 is 0. The molecule has 124 valence electrons. The molecule has 24 heavy (non-hydrogen) atoms. The number of amides is 2. The summed E-state index contributed by atoms with van der Waals surface area (Å²) in [5, 5.41) is 0. The summed E-state index contributed by atoms with van der Waals surface area (Å²) in [5.74, 6) is -0.625. The van der Waals surface area contributed by atoms with E-state index in [1.54, 1.807) is 37.3 Å². The molecule has 1 aliphatic heterocycles. The van der Waals surface area contributed by atoms with Gasteiger partial charge in [0.1, 0.15) is 0 Å². The number of nitrogens with zero attached hydrogens (tertiary/aromatic N) is 2. The number of aromatic nitrogens is 1. The Morgan fingerprint density at radius 2 is 1.71 bits per heavy atom. The van der Waals surface area contributed by atoms with E-state index in [1.807, 2.05) is 0 Å². The average molecular weight is 332 g/mol. The highest BCUT2D eigenvalue weighted by Gasteiger charge is 2.35. The van der Waals surface area contributed by atoms with Crippen LogP contribution >= 0.6 is 0 Å². The summed E-state index contributed by atoms with van der Waals surface area (Å²) in [6, 6.07) is 9.70. The largest absolute Gasteiger partial charge is 0.472 e. The van der Waals surface area contributed by atoms with Crippen LogP contribution in [0.4, 0.5) is 8.78 Å². The average Bonchev–Trinajstić information content (AvgIpc) is 2.80. The first-order chi connectivity index (χ1) is 11.5. The van der Waals surface area contributed by atoms with E-state index in [-0.39, 0.29) is 24.2 Å². The van der Waals surface area contributed by atoms with Gasteiger partial charge in [-0.3, -0.25) is 14.5 Å². The molecule has 0 atom stereocenters. The lowest BCUT2D eigenvalue weighted by molar-refractivity contribution is 0.0641. The van der Waals surface area contributed by atoms with Crippen molar-refractivity contribution in [2.75, 3.05) is 6.61 Å². The molecule has 0 radical (unpaired) electrons. The molecule has 0 saturated heterocycles. The number of rotatable bonds is 5. The molecule has 1 aromatic carbocycles. The molecule has 2 amide bonds. The van der Waals surface area contributed by atoms with Gasteiger partial charge in [0, 0.05) is 11.8 Å². The normalized spacial score (nSPS) is 13.6. The van der Waals surface area contributed by atoms with E-state index in [1.165, 1.54) is 6.07 Å². The van der Waals surface area contributed by atoms with Crippen molar-refractivity contribution in [3.63, 3.8) is 0 Å². The standard InChI is InChI=1S/C17H14F2N2O3/c1-10-11(6-7-15(20-10)24-9-14(18)19)8-21-16(22)12-4-2-3-5-13(12)17(21)23/h2-7,14H,8-9H2,1H3. The fourth-order valence-electron chi connectivity index (χ4n) is 2.52. The molecular formula is C17H14F2N2O3. The Morgan fingerprint density at radius 3 is 2.25 bits per heavy atom. The summed E-state index contributed by atoms with van der Waals surface area (Å²) in [4.78, 5) is 29.9. The molecule has 5 nitrogen and oxygen atoms in total. The summed E-state index contributed by atoms with van der Waals surface area (Å²) in [6.45, 7) is 1.01. The first kappa shape index (κ1) is 16.0. The maximum atomic E-state index is 12.3. The lowest BCUT2D eigenvalue weighted by Crippen LogP contribution is -2.29. The van der Waals surface area contributed by atoms with Gasteiger partial charge in [0.25, 0.3) is 18.2 Å². The molecule has 1 aromatic heterocycles. The van der Waals surface area contributed by atoms with Gasteiger partial charge in [-0.1, -0.05) is 18.2 Å². The van der Waals surface area contributed by atoms with Gasteiger partial charge >= 0.3 is 0 Å². The van der Waals surface area contributed by atoms with Crippen LogP contribution in [0.2, 0.25) is 0 Å². The second kappa shape index (κ2) is 6.35. The Bertz CT molecular complexity index is 773. The Kier molecular flexibility index (Phi) is 4.24. The Hall–Kier alpha value is -2.83. The van der Waals surface area contributed by atoms with E-state index >= 15 is 0 Å². The van der Waals surface area contributed by atoms with E-state index in [2.05, 4.69) is 4.98 Å². The van der Waals surface area contributed by atoms with Crippen LogP contribution in [-0.2, 0) is 6.54 Å². The van der Waals surface area contributed by atoms with Crippen LogP contribution in [0.1, 0.15) is 32.0 Å². The zero-order valence-electron chi connectivity index (χ0n) is 12.8. The number of benzene rings is 1. The van der Waals surface area contributed by atoms with Crippen LogP contribution in [0.15, 0.2) is 36.4 Å². The summed E-state index contributed by atoms with van der Waals surface area (Å²) in [6.07, 6.45) is -2.58. The number of carbonyl (C=O) groups excluding carboxylic acids is 2. The van der Waals surface area contributed by atoms with Crippen molar-refractivity contribution in [3.05, 3.63) is 58.8 Å². The third kappa shape index (κ3) is 2.97. The van der Waals surface area contributed by atoms with Crippen molar-refractivity contribution in [3.8, 4) is 5.88 Å². The summed E-state index contributed by atoms with van der Waals surface area (Å²) in [5.41, 5.74) is 1.92. The monoisotopic (exact) mass is 332 g/mol. The van der Waals surface area contributed by atoms with E-state index in [0.29, 0.717) is 22.4 Å². The number of pyridine rings is 1. The van der Waals surface area contributed by atoms with Crippen molar-refractivity contribution in [1.29, 1.82) is 0 Å². The molecule has 0 spiro atoms. The zero-order valence-corrected chi connectivity index (χ0v) is 12.8. The maximum absolute atomic E-state index is 12.3. The molecule has 3 rings (SSSR count). The van der Waals surface area contributed by atoms with Crippen molar-refractivity contribution < 1.29 is 23.1 Å². The second-order valence-electron chi connectivity index (χ2n) is 5.34. The van der Waals surface area contributed by atoms with E-state index < -0.39 is 13.0 Å². The van der Waals surface area contributed by atoms with Gasteiger partial charge in [-0.2, -0.15) is 0 Å². The molecule has 7 heteroatoms. The highest BCUT2D eigenvalue weighted by Crippen LogP contribution is 2.25. The summed E-state index contributed by atoms with van der Waals surface area (Å²) in [7, 11) is 0. The van der Waals surface area contributed by atoms with Crippen molar-refractivity contribution in [2.45, 2.75) is 19.9 Å². The molecule has 0 fully saturated rings. The minimum atomic E-state index is -2.58. The van der Waals surface area contributed by atoms with Crippen molar-refractivity contribution >= 4 is 11.8 Å². The van der Waals surface area contributed by atoms with Gasteiger partial charge in [0.2, 0.25) is 5.88 Å². The van der Waals surface area contributed by atoms with E-state index in [4.69, 9.17) is 4.74 Å². The molecule has 0 unspecified atom stereocenters. The van der Waals surface area contributed by atoms with Gasteiger partial charge in [0.05, 0.1) is 17.7 Å². The van der Waals surface area contributed by atoms with Crippen molar-refractivity contribution in [1.82, 2.24) is 9.88 Å². The topological polar surface area (TPSA) is 59.5 Å². The number of fused-ring (bicyclic) bond motifs is 1. The van der Waals surface area contributed by atoms with Crippen LogP contribution in [0.5, 0.6) is 5.88 Å². The highest BCUT2D eigenvalue weighted by atomic mass is 19.3. The first-order valence-corrected chi connectivity index (χ1v) is 7.30. The lowest BCUT2D eigenvalue weighted by atomic mass is 10.1. The van der Waals surface area contributed by atoms with Crippen LogP contribution < -0.4 is 4.74 Å². The number of alkyl halides is 2. The first-order valence-electron chi connectivity index (χ1n) is 7.30. The number of carbonyl (C=O) groups is 2. The van der Waals surface area contributed by atoms with Gasteiger partial charge < -0.3 is 4.74 Å². The van der Waals surface area contributed by atoms with Crippen LogP contribution in [-0.4, -0.2) is 34.7 Å². The van der Waals surface area contributed by atoms with E-state index in [0.717, 1.165) is 4.90 Å². The SMILES string of the molecule is Cc1nc(OCC(F)F)ccc1CN1C(=O)c2ccccc2C1=O. The molecule has 0 saturated carbocycles. The van der Waals surface area contributed by atoms with Crippen LogP contribution in [0.3, 0.4) is 0 Å². The van der Waals surface area contributed by atoms with Crippen molar-refractivity contribution in [2.24, 2.45) is 0 Å². The third-order valence-electron chi connectivity index (χ3n) is 3.73. The molecule has 1 aliphatic rings. The number of hydrogen-bond donors (Lipinski definition) is 0. The minimum absolute atomic E-state index is 0.0697. The number of aryl methyl sites for hydroxylation is 1. The fraction of sp³-hybridized carbons (Fsp3) is 0.235. The number of hydrogen-bond acceptors (Lipinski definition) is 4. The second-order valence-corrected chi connectivity index (χ2v) is 5.34. The molecule has 0 aliphatic carbocycles. The highest BCUT2D eigenvalue weighted by molar-refractivity contribution is 6.21. The third-order valence-corrected chi connectivity index (χ3v) is 3.73. The summed E-state index contributed by atoms with van der Waals surface area (Å²) < 4.78 is 29.2. The number of imide groups is 1. The van der Waals surface area contributed by atoms with E-state index in [9.17, 15) is 18.4 Å². The predicted molar refractivity (Wildman–Crippen MR) is 81.1 cm³/mol.